The van der Waals surface area contributed by atoms with E-state index < -0.39 is 17.6 Å². The highest BCUT2D eigenvalue weighted by molar-refractivity contribution is 5.99. The van der Waals surface area contributed by atoms with Crippen LogP contribution in [0.1, 0.15) is 56.5 Å². The second-order valence-electron chi connectivity index (χ2n) is 9.08. The summed E-state index contributed by atoms with van der Waals surface area (Å²) in [7, 11) is 0. The normalized spacial score (nSPS) is 17.4. The zero-order valence-electron chi connectivity index (χ0n) is 19.3. The number of nitrogens with one attached hydrogen (secondary N) is 2. The van der Waals surface area contributed by atoms with Gasteiger partial charge < -0.3 is 25.4 Å². The van der Waals surface area contributed by atoms with Crippen LogP contribution in [0.15, 0.2) is 24.3 Å². The average Bonchev–Trinajstić information content (AvgIpc) is 2.72. The first-order chi connectivity index (χ1) is 15.0. The van der Waals surface area contributed by atoms with Gasteiger partial charge >= 0.3 is 5.97 Å². The summed E-state index contributed by atoms with van der Waals surface area (Å²) in [5, 5.41) is 10.1. The Balaban J connectivity index is 1.81. The number of nitrogens with zero attached hydrogens (tertiary/aromatic N) is 1. The summed E-state index contributed by atoms with van der Waals surface area (Å²) >= 11 is 0. The van der Waals surface area contributed by atoms with E-state index >= 15 is 0 Å². The molecule has 4 N–H and O–H groups in total. The molecule has 9 heteroatoms. The number of carbonyl (C=O) groups excluding carboxylic acids is 3. The number of carbonyl (C=O) groups is 3. The molecule has 1 heterocycles. The number of hydrogen-bond donors (Lipinski definition) is 3. The molecule has 1 aliphatic rings. The molecule has 0 aliphatic carbocycles. The van der Waals surface area contributed by atoms with Crippen LogP contribution in [0.4, 0.5) is 0 Å². The molecule has 2 rings (SSSR count). The van der Waals surface area contributed by atoms with Crippen LogP contribution in [-0.4, -0.2) is 66.5 Å². The maximum Gasteiger partial charge on any atom is 0.332 e. The van der Waals surface area contributed by atoms with Gasteiger partial charge in [-0.2, -0.15) is 0 Å². The van der Waals surface area contributed by atoms with E-state index in [0.717, 1.165) is 12.8 Å². The van der Waals surface area contributed by atoms with Crippen molar-refractivity contribution in [1.29, 1.82) is 5.41 Å². The lowest BCUT2D eigenvalue weighted by Gasteiger charge is -2.34. The number of amides is 2. The van der Waals surface area contributed by atoms with Crippen molar-refractivity contribution in [3.63, 3.8) is 0 Å². The number of amidine groups is 1. The van der Waals surface area contributed by atoms with Crippen LogP contribution in [0.3, 0.4) is 0 Å². The molecule has 32 heavy (non-hydrogen) atoms. The topological polar surface area (TPSA) is 135 Å². The van der Waals surface area contributed by atoms with Gasteiger partial charge in [0.25, 0.3) is 5.91 Å². The first-order valence-electron chi connectivity index (χ1n) is 10.8. The molecular weight excluding hydrogens is 412 g/mol. The van der Waals surface area contributed by atoms with Gasteiger partial charge in [-0.15, -0.1) is 0 Å². The lowest BCUT2D eigenvalue weighted by atomic mass is 9.98. The highest BCUT2D eigenvalue weighted by Gasteiger charge is 2.28. The minimum absolute atomic E-state index is 0.0739. The van der Waals surface area contributed by atoms with Gasteiger partial charge in [-0.1, -0.05) is 12.1 Å². The summed E-state index contributed by atoms with van der Waals surface area (Å²) < 4.78 is 10.7. The van der Waals surface area contributed by atoms with Gasteiger partial charge in [-0.05, 0) is 58.6 Å². The molecule has 0 bridgehead atoms. The third-order valence-corrected chi connectivity index (χ3v) is 5.00. The first-order valence-corrected chi connectivity index (χ1v) is 10.8. The molecule has 1 fully saturated rings. The van der Waals surface area contributed by atoms with Crippen LogP contribution in [0.2, 0.25) is 0 Å². The zero-order chi connectivity index (χ0) is 23.9. The van der Waals surface area contributed by atoms with Gasteiger partial charge in [-0.3, -0.25) is 15.0 Å². The summed E-state index contributed by atoms with van der Waals surface area (Å²) in [5.74, 6) is -0.882. The van der Waals surface area contributed by atoms with E-state index in [0.29, 0.717) is 30.8 Å². The molecule has 176 valence electrons. The number of hydrogen-bond acceptors (Lipinski definition) is 6. The van der Waals surface area contributed by atoms with Gasteiger partial charge in [0.15, 0.2) is 0 Å². The number of likely N-dealkylation sites (tertiary alicyclic amines) is 1. The molecule has 0 spiro atoms. The third-order valence-electron chi connectivity index (χ3n) is 5.00. The van der Waals surface area contributed by atoms with E-state index in [-0.39, 0.29) is 30.2 Å². The summed E-state index contributed by atoms with van der Waals surface area (Å²) in [4.78, 5) is 38.8. The number of benzene rings is 1. The Morgan fingerprint density at radius 3 is 2.44 bits per heavy atom. The van der Waals surface area contributed by atoms with Crippen LogP contribution >= 0.6 is 0 Å². The Morgan fingerprint density at radius 2 is 1.84 bits per heavy atom. The van der Waals surface area contributed by atoms with Crippen molar-refractivity contribution in [1.82, 2.24) is 10.2 Å². The maximum absolute atomic E-state index is 12.8. The van der Waals surface area contributed by atoms with Crippen molar-refractivity contribution in [3.05, 3.63) is 35.4 Å². The number of esters is 1. The van der Waals surface area contributed by atoms with E-state index in [1.807, 2.05) is 0 Å². The van der Waals surface area contributed by atoms with Crippen LogP contribution in [0, 0.1) is 11.3 Å². The molecule has 0 saturated carbocycles. The molecular formula is C23H34N4O5. The van der Waals surface area contributed by atoms with Crippen molar-refractivity contribution >= 4 is 23.6 Å². The second kappa shape index (κ2) is 11.1. The van der Waals surface area contributed by atoms with Crippen molar-refractivity contribution < 1.29 is 23.9 Å². The Hall–Kier alpha value is -2.94. The van der Waals surface area contributed by atoms with Crippen molar-refractivity contribution in [2.45, 2.75) is 52.2 Å². The molecule has 0 unspecified atom stereocenters. The zero-order valence-corrected chi connectivity index (χ0v) is 19.3. The first kappa shape index (κ1) is 25.3. The second-order valence-corrected chi connectivity index (χ2v) is 9.08. The predicted octanol–water partition coefficient (Wildman–Crippen LogP) is 1.69. The molecule has 1 aliphatic heterocycles. The number of rotatable bonds is 8. The van der Waals surface area contributed by atoms with Gasteiger partial charge in [0.1, 0.15) is 24.1 Å². The minimum Gasteiger partial charge on any atom is -0.458 e. The van der Waals surface area contributed by atoms with E-state index in [1.54, 1.807) is 56.9 Å². The van der Waals surface area contributed by atoms with E-state index in [1.165, 1.54) is 0 Å². The fourth-order valence-corrected chi connectivity index (χ4v) is 3.50. The van der Waals surface area contributed by atoms with Gasteiger partial charge in [0, 0.05) is 24.2 Å². The SMILES string of the molecule is C[C@H](NC(=O)c1ccc(C(=N)N)cc1)C(=O)N1CCC[C@@H](COCC(=O)OC(C)(C)C)C1. The van der Waals surface area contributed by atoms with E-state index in [2.05, 4.69) is 5.32 Å². The van der Waals surface area contributed by atoms with Crippen molar-refractivity contribution in [3.8, 4) is 0 Å². The van der Waals surface area contributed by atoms with Crippen molar-refractivity contribution in [2.75, 3.05) is 26.3 Å². The van der Waals surface area contributed by atoms with Gasteiger partial charge in [-0.25, -0.2) is 4.79 Å². The highest BCUT2D eigenvalue weighted by atomic mass is 16.6. The predicted molar refractivity (Wildman–Crippen MR) is 120 cm³/mol. The Labute approximate surface area is 189 Å². The molecule has 2 atom stereocenters. The number of nitrogen functional groups attached to an aromatic ring is 1. The third kappa shape index (κ3) is 7.96. The Bertz CT molecular complexity index is 832. The smallest absolute Gasteiger partial charge is 0.332 e. The summed E-state index contributed by atoms with van der Waals surface area (Å²) in [5.41, 5.74) is 5.79. The van der Waals surface area contributed by atoms with E-state index in [4.69, 9.17) is 20.6 Å². The molecule has 2 amide bonds. The Kier molecular flexibility index (Phi) is 8.77. The van der Waals surface area contributed by atoms with Crippen LogP contribution in [-0.2, 0) is 19.1 Å². The van der Waals surface area contributed by atoms with Crippen molar-refractivity contribution in [2.24, 2.45) is 11.7 Å². The molecule has 1 saturated heterocycles. The van der Waals surface area contributed by atoms with Crippen LogP contribution < -0.4 is 11.1 Å². The summed E-state index contributed by atoms with van der Waals surface area (Å²) in [6.07, 6.45) is 1.74. The highest BCUT2D eigenvalue weighted by Crippen LogP contribution is 2.18. The van der Waals surface area contributed by atoms with Crippen LogP contribution in [0.5, 0.6) is 0 Å². The lowest BCUT2D eigenvalue weighted by Crippen LogP contribution is -2.50. The van der Waals surface area contributed by atoms with E-state index in [9.17, 15) is 14.4 Å². The number of ether oxygens (including phenoxy) is 2. The van der Waals surface area contributed by atoms with Gasteiger partial charge in [0.05, 0.1) is 6.61 Å². The molecule has 9 nitrogen and oxygen atoms in total. The molecule has 1 aromatic rings. The monoisotopic (exact) mass is 446 g/mol. The number of piperidine rings is 1. The Morgan fingerprint density at radius 1 is 1.22 bits per heavy atom. The average molecular weight is 447 g/mol. The largest absolute Gasteiger partial charge is 0.458 e. The van der Waals surface area contributed by atoms with Crippen LogP contribution in [0.25, 0.3) is 0 Å². The van der Waals surface area contributed by atoms with Gasteiger partial charge in [0.2, 0.25) is 5.91 Å². The molecule has 0 radical (unpaired) electrons. The molecule has 0 aromatic heterocycles. The summed E-state index contributed by atoms with van der Waals surface area (Å²) in [6, 6.07) is 5.65. The summed E-state index contributed by atoms with van der Waals surface area (Å²) in [6.45, 7) is 8.45. The fraction of sp³-hybridized carbons (Fsp3) is 0.565. The maximum atomic E-state index is 12.8. The standard InChI is InChI=1S/C23H34N4O5/c1-15(26-21(29)18-9-7-17(8-10-18)20(24)25)22(30)27-11-5-6-16(12-27)13-31-14-19(28)32-23(2,3)4/h7-10,15-16H,5-6,11-14H2,1-4H3,(H3,24,25)(H,26,29)/t15-,16+/m0/s1. The fourth-order valence-electron chi connectivity index (χ4n) is 3.50. The minimum atomic E-state index is -0.684. The number of nitrogens with two attached hydrogens (primary N) is 1. The lowest BCUT2D eigenvalue weighted by molar-refractivity contribution is -0.161. The quantitative estimate of drug-likeness (QED) is 0.316. The molecule has 1 aromatic carbocycles.